The Morgan fingerprint density at radius 1 is 1.13 bits per heavy atom. The fourth-order valence-corrected chi connectivity index (χ4v) is 3.31. The monoisotopic (exact) mass is 437 g/mol. The molecule has 0 atom stereocenters. The summed E-state index contributed by atoms with van der Waals surface area (Å²) in [6, 6.07) is 10.8. The Morgan fingerprint density at radius 2 is 1.77 bits per heavy atom. The number of para-hydroxylation sites is 1. The fraction of sp³-hybridized carbons (Fsp3) is 0.238. The number of anilines is 1. The van der Waals surface area contributed by atoms with Crippen LogP contribution in [-0.2, 0) is 11.0 Å². The van der Waals surface area contributed by atoms with E-state index in [0.717, 1.165) is 27.4 Å². The number of rotatable bonds is 5. The molecule has 0 fully saturated rings. The van der Waals surface area contributed by atoms with Crippen molar-refractivity contribution in [3.63, 3.8) is 0 Å². The van der Waals surface area contributed by atoms with E-state index < -0.39 is 24.4 Å². The zero-order valence-corrected chi connectivity index (χ0v) is 17.2. The van der Waals surface area contributed by atoms with Crippen LogP contribution in [0.2, 0.25) is 5.02 Å². The van der Waals surface area contributed by atoms with Crippen LogP contribution < -0.4 is 10.1 Å². The number of ether oxygens (including phenoxy) is 1. The first kappa shape index (κ1) is 21.7. The van der Waals surface area contributed by atoms with Gasteiger partial charge in [0.1, 0.15) is 0 Å². The van der Waals surface area contributed by atoms with Gasteiger partial charge in [-0.25, -0.2) is 0 Å². The maximum Gasteiger partial charge on any atom is 0.435 e. The molecule has 0 unspecified atom stereocenters. The second-order valence-electron chi connectivity index (χ2n) is 6.84. The lowest BCUT2D eigenvalue weighted by atomic mass is 10.1. The van der Waals surface area contributed by atoms with Crippen LogP contribution >= 0.6 is 11.6 Å². The number of hydrogen-bond donors (Lipinski definition) is 1. The van der Waals surface area contributed by atoms with Crippen LogP contribution in [0.4, 0.5) is 18.9 Å². The van der Waals surface area contributed by atoms with Crippen LogP contribution in [0.25, 0.3) is 5.69 Å². The Morgan fingerprint density at radius 3 is 2.37 bits per heavy atom. The van der Waals surface area contributed by atoms with Crippen LogP contribution in [0.15, 0.2) is 42.5 Å². The average molecular weight is 438 g/mol. The van der Waals surface area contributed by atoms with E-state index >= 15 is 0 Å². The highest BCUT2D eigenvalue weighted by molar-refractivity contribution is 6.32. The summed E-state index contributed by atoms with van der Waals surface area (Å²) in [5.74, 6) is -0.756. The summed E-state index contributed by atoms with van der Waals surface area (Å²) in [4.78, 5) is 12.4. The van der Waals surface area contributed by atoms with Crippen LogP contribution in [0.5, 0.6) is 5.88 Å². The van der Waals surface area contributed by atoms with Gasteiger partial charge in [0.05, 0.1) is 10.7 Å². The number of hydrogen-bond acceptors (Lipinski definition) is 3. The molecule has 1 heterocycles. The van der Waals surface area contributed by atoms with E-state index in [1.807, 2.05) is 32.9 Å². The molecule has 0 aliphatic heterocycles. The van der Waals surface area contributed by atoms with E-state index in [4.69, 9.17) is 16.3 Å². The third-order valence-electron chi connectivity index (χ3n) is 4.34. The van der Waals surface area contributed by atoms with Crippen molar-refractivity contribution in [2.24, 2.45) is 0 Å². The maximum atomic E-state index is 13.2. The molecule has 0 radical (unpaired) electrons. The first-order valence-electron chi connectivity index (χ1n) is 8.99. The second-order valence-corrected chi connectivity index (χ2v) is 7.25. The zero-order chi connectivity index (χ0) is 22.1. The topological polar surface area (TPSA) is 56.1 Å². The number of alkyl halides is 3. The summed E-state index contributed by atoms with van der Waals surface area (Å²) in [6.45, 7) is 5.17. The first-order chi connectivity index (χ1) is 14.1. The number of benzene rings is 2. The number of amides is 1. The summed E-state index contributed by atoms with van der Waals surface area (Å²) in [5.41, 5.74) is 2.51. The summed E-state index contributed by atoms with van der Waals surface area (Å²) >= 11 is 6.09. The fourth-order valence-electron chi connectivity index (χ4n) is 3.09. The zero-order valence-electron chi connectivity index (χ0n) is 16.5. The molecule has 0 aliphatic rings. The Hall–Kier alpha value is -3.00. The highest BCUT2D eigenvalue weighted by Gasteiger charge is 2.36. The summed E-state index contributed by atoms with van der Waals surface area (Å²) < 4.78 is 45.8. The van der Waals surface area contributed by atoms with Gasteiger partial charge >= 0.3 is 6.18 Å². The van der Waals surface area contributed by atoms with Crippen molar-refractivity contribution in [2.75, 3.05) is 11.9 Å². The van der Waals surface area contributed by atoms with Gasteiger partial charge in [-0.15, -0.1) is 0 Å². The van der Waals surface area contributed by atoms with E-state index in [9.17, 15) is 18.0 Å². The van der Waals surface area contributed by atoms with Crippen molar-refractivity contribution in [1.82, 2.24) is 9.78 Å². The summed E-state index contributed by atoms with van der Waals surface area (Å²) in [5, 5.41) is 6.49. The van der Waals surface area contributed by atoms with Crippen molar-refractivity contribution in [3.8, 4) is 11.6 Å². The number of halogens is 4. The molecule has 1 aromatic heterocycles. The molecule has 9 heteroatoms. The molecule has 2 aromatic carbocycles. The van der Waals surface area contributed by atoms with E-state index in [1.54, 1.807) is 12.1 Å². The Balaban J connectivity index is 1.83. The van der Waals surface area contributed by atoms with Crippen LogP contribution in [-0.4, -0.2) is 22.3 Å². The maximum absolute atomic E-state index is 13.2. The SMILES string of the molecule is Cc1cc(C)c(NC(=O)COc2cc(C(F)(F)F)nn2-c2ccccc2Cl)c(C)c1. The molecule has 5 nitrogen and oxygen atoms in total. The number of aryl methyl sites for hydroxylation is 3. The predicted octanol–water partition coefficient (Wildman–Crippen LogP) is 5.49. The summed E-state index contributed by atoms with van der Waals surface area (Å²) in [6.07, 6.45) is -4.68. The lowest BCUT2D eigenvalue weighted by molar-refractivity contribution is -0.141. The summed E-state index contributed by atoms with van der Waals surface area (Å²) in [7, 11) is 0. The standard InChI is InChI=1S/C21H19ClF3N3O2/c1-12-8-13(2)20(14(3)9-12)26-18(29)11-30-19-10-17(21(23,24)25)27-28(19)16-7-5-4-6-15(16)22/h4-10H,11H2,1-3H3,(H,26,29). The van der Waals surface area contributed by atoms with Crippen LogP contribution in [0, 0.1) is 20.8 Å². The minimum Gasteiger partial charge on any atom is -0.467 e. The van der Waals surface area contributed by atoms with Crippen molar-refractivity contribution in [1.29, 1.82) is 0 Å². The molecule has 0 aliphatic carbocycles. The van der Waals surface area contributed by atoms with Gasteiger partial charge in [0, 0.05) is 11.8 Å². The Bertz CT molecular complexity index is 1070. The number of nitrogens with one attached hydrogen (secondary N) is 1. The van der Waals surface area contributed by atoms with Gasteiger partial charge in [-0.3, -0.25) is 4.79 Å². The molecule has 0 saturated carbocycles. The molecule has 0 bridgehead atoms. The van der Waals surface area contributed by atoms with Gasteiger partial charge in [-0.05, 0) is 44.0 Å². The highest BCUT2D eigenvalue weighted by atomic mass is 35.5. The van der Waals surface area contributed by atoms with Gasteiger partial charge in [0.15, 0.2) is 12.3 Å². The molecular formula is C21H19ClF3N3O2. The largest absolute Gasteiger partial charge is 0.467 e. The highest BCUT2D eigenvalue weighted by Crippen LogP contribution is 2.33. The third-order valence-corrected chi connectivity index (χ3v) is 4.66. The van der Waals surface area contributed by atoms with Gasteiger partial charge in [-0.1, -0.05) is 41.4 Å². The molecule has 0 spiro atoms. The number of carbonyl (C=O) groups is 1. The second kappa shape index (κ2) is 8.39. The third kappa shape index (κ3) is 4.76. The minimum atomic E-state index is -4.68. The molecule has 3 aromatic rings. The molecule has 1 N–H and O–H groups in total. The molecule has 0 saturated heterocycles. The minimum absolute atomic E-state index is 0.189. The van der Waals surface area contributed by atoms with E-state index in [-0.39, 0.29) is 16.6 Å². The smallest absolute Gasteiger partial charge is 0.435 e. The number of aromatic nitrogens is 2. The van der Waals surface area contributed by atoms with E-state index in [2.05, 4.69) is 10.4 Å². The van der Waals surface area contributed by atoms with Crippen molar-refractivity contribution >= 4 is 23.2 Å². The average Bonchev–Trinajstić information content (AvgIpc) is 3.08. The Labute approximate surface area is 176 Å². The molecular weight excluding hydrogens is 419 g/mol. The van der Waals surface area contributed by atoms with Crippen molar-refractivity contribution in [3.05, 3.63) is 69.9 Å². The normalized spacial score (nSPS) is 11.4. The molecule has 158 valence electrons. The van der Waals surface area contributed by atoms with Gasteiger partial charge in [-0.2, -0.15) is 23.0 Å². The predicted molar refractivity (Wildman–Crippen MR) is 108 cm³/mol. The van der Waals surface area contributed by atoms with Gasteiger partial charge in [0.25, 0.3) is 5.91 Å². The van der Waals surface area contributed by atoms with Crippen LogP contribution in [0.3, 0.4) is 0 Å². The lowest BCUT2D eigenvalue weighted by Gasteiger charge is -2.14. The van der Waals surface area contributed by atoms with E-state index in [0.29, 0.717) is 5.69 Å². The van der Waals surface area contributed by atoms with E-state index in [1.165, 1.54) is 12.1 Å². The van der Waals surface area contributed by atoms with Crippen molar-refractivity contribution in [2.45, 2.75) is 26.9 Å². The van der Waals surface area contributed by atoms with Gasteiger partial charge in [0.2, 0.25) is 5.88 Å². The molecule has 1 amide bonds. The Kier molecular flexibility index (Phi) is 6.07. The number of nitrogens with zero attached hydrogens (tertiary/aromatic N) is 2. The quantitative estimate of drug-likeness (QED) is 0.574. The lowest BCUT2D eigenvalue weighted by Crippen LogP contribution is -2.22. The van der Waals surface area contributed by atoms with Gasteiger partial charge < -0.3 is 10.1 Å². The van der Waals surface area contributed by atoms with Crippen LogP contribution in [0.1, 0.15) is 22.4 Å². The first-order valence-corrected chi connectivity index (χ1v) is 9.36. The van der Waals surface area contributed by atoms with Crippen molar-refractivity contribution < 1.29 is 22.7 Å². The molecule has 3 rings (SSSR count). The number of carbonyl (C=O) groups excluding carboxylic acids is 1. The molecule has 30 heavy (non-hydrogen) atoms.